The van der Waals surface area contributed by atoms with E-state index in [0.29, 0.717) is 17.7 Å². The molecule has 144 valence electrons. The lowest BCUT2D eigenvalue weighted by Gasteiger charge is -2.31. The van der Waals surface area contributed by atoms with Crippen LogP contribution in [0.15, 0.2) is 35.7 Å². The molecule has 0 saturated carbocycles. The van der Waals surface area contributed by atoms with Gasteiger partial charge in [-0.25, -0.2) is 4.79 Å². The number of Topliss-reactive ketones (excluding diaryl/α,β-unsaturated/α-hetero) is 1. The van der Waals surface area contributed by atoms with Crippen molar-refractivity contribution in [3.63, 3.8) is 0 Å². The van der Waals surface area contributed by atoms with Gasteiger partial charge in [0, 0.05) is 21.7 Å². The number of carbonyl (C=O) groups is 4. The Morgan fingerprint density at radius 1 is 1.29 bits per heavy atom. The van der Waals surface area contributed by atoms with Gasteiger partial charge in [-0.2, -0.15) is 0 Å². The van der Waals surface area contributed by atoms with Crippen molar-refractivity contribution in [1.29, 1.82) is 0 Å². The number of benzene rings is 1. The third-order valence-electron chi connectivity index (χ3n) is 5.19. The molecule has 1 fully saturated rings. The first-order valence-corrected chi connectivity index (χ1v) is 9.90. The number of fused-ring (bicyclic) bond motifs is 2. The van der Waals surface area contributed by atoms with Crippen LogP contribution in [0.5, 0.6) is 0 Å². The second-order valence-corrected chi connectivity index (χ2v) is 8.02. The summed E-state index contributed by atoms with van der Waals surface area (Å²) in [6.45, 7) is 1.06. The molecule has 1 atom stereocenters. The zero-order chi connectivity index (χ0) is 19.9. The van der Waals surface area contributed by atoms with Crippen LogP contribution in [0.1, 0.15) is 40.6 Å². The van der Waals surface area contributed by atoms with Crippen LogP contribution in [0.3, 0.4) is 0 Å². The zero-order valence-corrected chi connectivity index (χ0v) is 16.1. The Labute approximate surface area is 165 Å². The molecule has 2 aromatic rings. The first-order valence-electron chi connectivity index (χ1n) is 9.02. The molecular formula is C20H19N3O4S. The van der Waals surface area contributed by atoms with Crippen LogP contribution in [0.25, 0.3) is 0 Å². The summed E-state index contributed by atoms with van der Waals surface area (Å²) in [5.41, 5.74) is 0.704. The van der Waals surface area contributed by atoms with E-state index in [1.54, 1.807) is 35.6 Å². The van der Waals surface area contributed by atoms with E-state index in [-0.39, 0.29) is 18.2 Å². The predicted octanol–water partition coefficient (Wildman–Crippen LogP) is 2.67. The number of amides is 4. The molecule has 4 rings (SSSR count). The minimum absolute atomic E-state index is 0.115. The van der Waals surface area contributed by atoms with Gasteiger partial charge in [0.25, 0.3) is 5.91 Å². The second kappa shape index (κ2) is 6.87. The van der Waals surface area contributed by atoms with Gasteiger partial charge in [-0.1, -0.05) is 12.1 Å². The summed E-state index contributed by atoms with van der Waals surface area (Å²) in [5, 5.41) is 7.40. The van der Waals surface area contributed by atoms with Gasteiger partial charge < -0.3 is 10.6 Å². The van der Waals surface area contributed by atoms with Gasteiger partial charge >= 0.3 is 6.03 Å². The molecule has 1 aliphatic carbocycles. The molecule has 0 bridgehead atoms. The number of nitrogens with one attached hydrogen (secondary N) is 2. The fraction of sp³-hybridized carbons (Fsp3) is 0.300. The number of carbonyl (C=O) groups excluding carboxylic acids is 4. The third-order valence-corrected chi connectivity index (χ3v) is 6.17. The average molecular weight is 397 g/mol. The Morgan fingerprint density at radius 2 is 2.11 bits per heavy atom. The Bertz CT molecular complexity index is 999. The Morgan fingerprint density at radius 3 is 2.89 bits per heavy atom. The monoisotopic (exact) mass is 397 g/mol. The molecule has 0 radical (unpaired) electrons. The van der Waals surface area contributed by atoms with Crippen LogP contribution in [0, 0.1) is 0 Å². The fourth-order valence-corrected chi connectivity index (χ4v) is 4.84. The lowest BCUT2D eigenvalue weighted by Crippen LogP contribution is -2.46. The Kier molecular flexibility index (Phi) is 4.50. The van der Waals surface area contributed by atoms with Crippen molar-refractivity contribution in [2.75, 3.05) is 11.9 Å². The topological polar surface area (TPSA) is 95.6 Å². The van der Waals surface area contributed by atoms with E-state index in [1.807, 2.05) is 11.4 Å². The second-order valence-electron chi connectivity index (χ2n) is 7.02. The van der Waals surface area contributed by atoms with Gasteiger partial charge in [-0.05, 0) is 49.8 Å². The highest BCUT2D eigenvalue weighted by atomic mass is 32.1. The summed E-state index contributed by atoms with van der Waals surface area (Å²) >= 11 is 1.58. The number of hydrogen-bond acceptors (Lipinski definition) is 5. The number of thiophene rings is 1. The van der Waals surface area contributed by atoms with Crippen molar-refractivity contribution in [2.45, 2.75) is 31.7 Å². The number of urea groups is 1. The zero-order valence-electron chi connectivity index (χ0n) is 15.3. The SMILES string of the molecule is CC(=O)c1cccc(NC(=O)CN2C(=O)N[C@]3(CCCc4sccc43)C2=O)c1. The van der Waals surface area contributed by atoms with Crippen molar-refractivity contribution in [3.8, 4) is 0 Å². The molecule has 28 heavy (non-hydrogen) atoms. The molecule has 1 saturated heterocycles. The first-order chi connectivity index (χ1) is 13.4. The largest absolute Gasteiger partial charge is 0.325 e. The molecule has 1 aliphatic heterocycles. The highest BCUT2D eigenvalue weighted by Gasteiger charge is 2.54. The number of ketones is 1. The normalized spacial score (nSPS) is 20.8. The molecule has 4 amide bonds. The van der Waals surface area contributed by atoms with Crippen molar-refractivity contribution in [3.05, 3.63) is 51.7 Å². The number of aryl methyl sites for hydroxylation is 1. The van der Waals surface area contributed by atoms with Crippen LogP contribution in [0.2, 0.25) is 0 Å². The van der Waals surface area contributed by atoms with Crippen LogP contribution < -0.4 is 10.6 Å². The molecule has 1 aromatic carbocycles. The molecule has 2 heterocycles. The van der Waals surface area contributed by atoms with Crippen molar-refractivity contribution < 1.29 is 19.2 Å². The van der Waals surface area contributed by atoms with E-state index in [1.165, 1.54) is 6.92 Å². The van der Waals surface area contributed by atoms with E-state index in [0.717, 1.165) is 28.2 Å². The molecule has 2 N–H and O–H groups in total. The summed E-state index contributed by atoms with van der Waals surface area (Å²) in [6.07, 6.45) is 2.22. The lowest BCUT2D eigenvalue weighted by atomic mass is 9.80. The third kappa shape index (κ3) is 2.99. The average Bonchev–Trinajstić information content (AvgIpc) is 3.23. The summed E-state index contributed by atoms with van der Waals surface area (Å²) < 4.78 is 0. The van der Waals surface area contributed by atoms with Crippen LogP contribution in [0.4, 0.5) is 10.5 Å². The molecule has 7 nitrogen and oxygen atoms in total. The fourth-order valence-electron chi connectivity index (χ4n) is 3.85. The van der Waals surface area contributed by atoms with Gasteiger partial charge in [-0.3, -0.25) is 19.3 Å². The van der Waals surface area contributed by atoms with E-state index >= 15 is 0 Å². The van der Waals surface area contributed by atoms with E-state index < -0.39 is 17.5 Å². The standard InChI is InChI=1S/C20H19N3O4S/c1-12(24)13-4-2-5-14(10-13)21-17(25)11-23-18(26)20(22-19(23)27)8-3-6-16-15(20)7-9-28-16/h2,4-5,7,9-10H,3,6,8,11H2,1H3,(H,21,25)(H,22,27)/t20-/m0/s1. The maximum Gasteiger partial charge on any atom is 0.325 e. The summed E-state index contributed by atoms with van der Waals surface area (Å²) in [5.74, 6) is -0.997. The predicted molar refractivity (Wildman–Crippen MR) is 104 cm³/mol. The highest BCUT2D eigenvalue weighted by molar-refractivity contribution is 7.10. The smallest absolute Gasteiger partial charge is 0.325 e. The van der Waals surface area contributed by atoms with Crippen LogP contribution >= 0.6 is 11.3 Å². The van der Waals surface area contributed by atoms with Gasteiger partial charge in [0.2, 0.25) is 5.91 Å². The molecule has 0 unspecified atom stereocenters. The quantitative estimate of drug-likeness (QED) is 0.612. The molecule has 8 heteroatoms. The van der Waals surface area contributed by atoms with Crippen molar-refractivity contribution in [2.24, 2.45) is 0 Å². The number of imide groups is 1. The van der Waals surface area contributed by atoms with Gasteiger partial charge in [0.05, 0.1) is 0 Å². The lowest BCUT2D eigenvalue weighted by molar-refractivity contribution is -0.134. The summed E-state index contributed by atoms with van der Waals surface area (Å²) in [6, 6.07) is 7.85. The number of nitrogens with zero attached hydrogens (tertiary/aromatic N) is 1. The van der Waals surface area contributed by atoms with Gasteiger partial charge in [0.15, 0.2) is 5.78 Å². The summed E-state index contributed by atoms with van der Waals surface area (Å²) in [4.78, 5) is 51.6. The molecular weight excluding hydrogens is 378 g/mol. The van der Waals surface area contributed by atoms with Crippen molar-refractivity contribution >= 4 is 40.7 Å². The maximum atomic E-state index is 13.1. The van der Waals surface area contributed by atoms with Gasteiger partial charge in [-0.15, -0.1) is 11.3 Å². The summed E-state index contributed by atoms with van der Waals surface area (Å²) in [7, 11) is 0. The number of anilines is 1. The molecule has 1 spiro atoms. The Hall–Kier alpha value is -3.00. The van der Waals surface area contributed by atoms with E-state index in [9.17, 15) is 19.2 Å². The molecule has 2 aliphatic rings. The first kappa shape index (κ1) is 18.4. The minimum atomic E-state index is -1.06. The number of hydrogen-bond donors (Lipinski definition) is 2. The molecule has 1 aromatic heterocycles. The maximum absolute atomic E-state index is 13.1. The van der Waals surface area contributed by atoms with Crippen molar-refractivity contribution in [1.82, 2.24) is 10.2 Å². The minimum Gasteiger partial charge on any atom is -0.325 e. The van der Waals surface area contributed by atoms with Crippen LogP contribution in [-0.4, -0.2) is 35.1 Å². The van der Waals surface area contributed by atoms with Gasteiger partial charge in [0.1, 0.15) is 12.1 Å². The van der Waals surface area contributed by atoms with E-state index in [4.69, 9.17) is 0 Å². The number of rotatable bonds is 4. The van der Waals surface area contributed by atoms with E-state index in [2.05, 4.69) is 10.6 Å². The highest BCUT2D eigenvalue weighted by Crippen LogP contribution is 2.42. The van der Waals surface area contributed by atoms with Crippen LogP contribution in [-0.2, 0) is 21.5 Å². The Balaban J connectivity index is 1.51.